The Morgan fingerprint density at radius 3 is 2.28 bits per heavy atom. The summed E-state index contributed by atoms with van der Waals surface area (Å²) in [4.78, 5) is 16.2. The van der Waals surface area contributed by atoms with Gasteiger partial charge in [-0.05, 0) is 39.2 Å². The number of carbonyl (C=O) groups is 1. The second-order valence-electron chi connectivity index (χ2n) is 6.00. The summed E-state index contributed by atoms with van der Waals surface area (Å²) in [5.41, 5.74) is 0. The second-order valence-corrected chi connectivity index (χ2v) is 6.00. The van der Waals surface area contributed by atoms with Crippen LogP contribution in [0, 0.1) is 0 Å². The topological polar surface area (TPSA) is 35.6 Å². The van der Waals surface area contributed by atoms with Crippen molar-refractivity contribution in [2.75, 3.05) is 20.6 Å². The van der Waals surface area contributed by atoms with Gasteiger partial charge in [-0.25, -0.2) is 0 Å². The van der Waals surface area contributed by atoms with Crippen molar-refractivity contribution in [2.45, 2.75) is 63.7 Å². The largest absolute Gasteiger partial charge is 0.347 e. The molecule has 3 unspecified atom stereocenters. The zero-order valence-electron chi connectivity index (χ0n) is 12.1. The minimum Gasteiger partial charge on any atom is -0.347 e. The minimum atomic E-state index is 0.00694. The second kappa shape index (κ2) is 5.57. The van der Waals surface area contributed by atoms with E-state index < -0.39 is 0 Å². The SMILES string of the molecule is CCN(C1CC2CCC(C1)N2)C(C)C(=O)N(C)C. The van der Waals surface area contributed by atoms with Crippen molar-refractivity contribution in [2.24, 2.45) is 0 Å². The molecule has 2 saturated heterocycles. The molecule has 2 heterocycles. The molecule has 2 aliphatic rings. The molecule has 3 atom stereocenters. The van der Waals surface area contributed by atoms with Crippen LogP contribution in [0.4, 0.5) is 0 Å². The number of nitrogens with one attached hydrogen (secondary N) is 1. The van der Waals surface area contributed by atoms with Crippen molar-refractivity contribution in [3.63, 3.8) is 0 Å². The van der Waals surface area contributed by atoms with Gasteiger partial charge < -0.3 is 10.2 Å². The summed E-state index contributed by atoms with van der Waals surface area (Å²) < 4.78 is 0. The summed E-state index contributed by atoms with van der Waals surface area (Å²) in [7, 11) is 3.69. The fourth-order valence-corrected chi connectivity index (χ4v) is 3.66. The van der Waals surface area contributed by atoms with E-state index in [1.54, 1.807) is 4.90 Å². The first-order valence-corrected chi connectivity index (χ1v) is 7.25. The van der Waals surface area contributed by atoms with Crippen molar-refractivity contribution in [1.82, 2.24) is 15.1 Å². The zero-order chi connectivity index (χ0) is 13.3. The zero-order valence-corrected chi connectivity index (χ0v) is 12.1. The summed E-state index contributed by atoms with van der Waals surface area (Å²) in [5, 5.41) is 3.67. The summed E-state index contributed by atoms with van der Waals surface area (Å²) in [5.74, 6) is 0.225. The molecule has 0 aliphatic carbocycles. The van der Waals surface area contributed by atoms with Gasteiger partial charge in [0.15, 0.2) is 0 Å². The minimum absolute atomic E-state index is 0.00694. The van der Waals surface area contributed by atoms with Crippen molar-refractivity contribution >= 4 is 5.91 Å². The summed E-state index contributed by atoms with van der Waals surface area (Å²) in [6, 6.07) is 1.95. The quantitative estimate of drug-likeness (QED) is 0.814. The molecule has 0 spiro atoms. The van der Waals surface area contributed by atoms with Gasteiger partial charge in [0.2, 0.25) is 5.91 Å². The maximum absolute atomic E-state index is 12.1. The number of nitrogens with zero attached hydrogens (tertiary/aromatic N) is 2. The number of rotatable bonds is 4. The number of amides is 1. The van der Waals surface area contributed by atoms with Gasteiger partial charge in [0.05, 0.1) is 6.04 Å². The summed E-state index contributed by atoms with van der Waals surface area (Å²) in [6.45, 7) is 5.18. The number of likely N-dealkylation sites (N-methyl/N-ethyl adjacent to an activating group) is 2. The van der Waals surface area contributed by atoms with Crippen LogP contribution in [0.5, 0.6) is 0 Å². The Morgan fingerprint density at radius 1 is 1.28 bits per heavy atom. The molecule has 104 valence electrons. The van der Waals surface area contributed by atoms with E-state index in [0.29, 0.717) is 18.1 Å². The average Bonchev–Trinajstić information content (AvgIpc) is 2.68. The number of hydrogen-bond acceptors (Lipinski definition) is 3. The van der Waals surface area contributed by atoms with Gasteiger partial charge in [0.1, 0.15) is 0 Å². The Bertz CT molecular complexity index is 293. The van der Waals surface area contributed by atoms with Crippen LogP contribution in [0.25, 0.3) is 0 Å². The Hall–Kier alpha value is -0.610. The molecule has 18 heavy (non-hydrogen) atoms. The van der Waals surface area contributed by atoms with Gasteiger partial charge in [0.25, 0.3) is 0 Å². The number of piperidine rings is 1. The Morgan fingerprint density at radius 2 is 1.83 bits per heavy atom. The lowest BCUT2D eigenvalue weighted by molar-refractivity contribution is -0.135. The van der Waals surface area contributed by atoms with E-state index in [1.807, 2.05) is 14.1 Å². The summed E-state index contributed by atoms with van der Waals surface area (Å²) >= 11 is 0. The molecule has 0 aromatic carbocycles. The van der Waals surface area contributed by atoms with Crippen molar-refractivity contribution < 1.29 is 4.79 Å². The van der Waals surface area contributed by atoms with Gasteiger partial charge in [-0.15, -0.1) is 0 Å². The molecule has 1 N–H and O–H groups in total. The molecule has 2 aliphatic heterocycles. The van der Waals surface area contributed by atoms with E-state index in [9.17, 15) is 4.79 Å². The maximum Gasteiger partial charge on any atom is 0.239 e. The molecule has 1 amide bonds. The predicted octanol–water partition coefficient (Wildman–Crippen LogP) is 1.07. The van der Waals surface area contributed by atoms with Crippen LogP contribution in [0.1, 0.15) is 39.5 Å². The lowest BCUT2D eigenvalue weighted by atomic mass is 9.96. The third-order valence-corrected chi connectivity index (χ3v) is 4.58. The molecule has 0 saturated carbocycles. The fourth-order valence-electron chi connectivity index (χ4n) is 3.66. The molecular weight excluding hydrogens is 226 g/mol. The third kappa shape index (κ3) is 2.69. The van der Waals surface area contributed by atoms with Crippen LogP contribution >= 0.6 is 0 Å². The molecule has 0 aromatic rings. The van der Waals surface area contributed by atoms with E-state index in [4.69, 9.17) is 0 Å². The highest BCUT2D eigenvalue weighted by Crippen LogP contribution is 2.30. The van der Waals surface area contributed by atoms with E-state index in [2.05, 4.69) is 24.1 Å². The first kappa shape index (κ1) is 13.8. The third-order valence-electron chi connectivity index (χ3n) is 4.58. The van der Waals surface area contributed by atoms with Crippen molar-refractivity contribution in [3.8, 4) is 0 Å². The van der Waals surface area contributed by atoms with Gasteiger partial charge in [0, 0.05) is 32.2 Å². The highest BCUT2D eigenvalue weighted by Gasteiger charge is 2.38. The highest BCUT2D eigenvalue weighted by molar-refractivity contribution is 5.81. The maximum atomic E-state index is 12.1. The Kier molecular flexibility index (Phi) is 4.28. The fraction of sp³-hybridized carbons (Fsp3) is 0.929. The smallest absolute Gasteiger partial charge is 0.239 e. The van der Waals surface area contributed by atoms with Crippen LogP contribution in [-0.4, -0.2) is 60.5 Å². The lowest BCUT2D eigenvalue weighted by Crippen LogP contribution is -2.54. The van der Waals surface area contributed by atoms with Gasteiger partial charge in [-0.2, -0.15) is 0 Å². The molecule has 4 heteroatoms. The van der Waals surface area contributed by atoms with Crippen LogP contribution in [0.2, 0.25) is 0 Å². The van der Waals surface area contributed by atoms with Crippen LogP contribution in [-0.2, 0) is 4.79 Å². The van der Waals surface area contributed by atoms with Gasteiger partial charge in [-0.1, -0.05) is 6.92 Å². The first-order valence-electron chi connectivity index (χ1n) is 7.25. The predicted molar refractivity (Wildman–Crippen MR) is 73.5 cm³/mol. The Balaban J connectivity index is 2.02. The first-order chi connectivity index (χ1) is 8.52. The standard InChI is InChI=1S/C14H27N3O/c1-5-17(10(2)14(18)16(3)4)13-8-11-6-7-12(9-13)15-11/h10-13,15H,5-9H2,1-4H3. The Labute approximate surface area is 111 Å². The number of hydrogen-bond donors (Lipinski definition) is 1. The monoisotopic (exact) mass is 253 g/mol. The number of fused-ring (bicyclic) bond motifs is 2. The molecule has 0 radical (unpaired) electrons. The molecule has 0 aromatic heterocycles. The van der Waals surface area contributed by atoms with E-state index in [1.165, 1.54) is 25.7 Å². The van der Waals surface area contributed by atoms with Crippen LogP contribution in [0.3, 0.4) is 0 Å². The average molecular weight is 253 g/mol. The van der Waals surface area contributed by atoms with Crippen molar-refractivity contribution in [3.05, 3.63) is 0 Å². The molecule has 2 fully saturated rings. The van der Waals surface area contributed by atoms with Crippen molar-refractivity contribution in [1.29, 1.82) is 0 Å². The normalized spacial score (nSPS) is 32.6. The molecule has 4 nitrogen and oxygen atoms in total. The lowest BCUT2D eigenvalue weighted by Gasteiger charge is -2.40. The summed E-state index contributed by atoms with van der Waals surface area (Å²) in [6.07, 6.45) is 5.04. The van der Waals surface area contributed by atoms with E-state index >= 15 is 0 Å². The van der Waals surface area contributed by atoms with E-state index in [-0.39, 0.29) is 11.9 Å². The van der Waals surface area contributed by atoms with Crippen LogP contribution < -0.4 is 5.32 Å². The van der Waals surface area contributed by atoms with Gasteiger partial charge >= 0.3 is 0 Å². The van der Waals surface area contributed by atoms with Gasteiger partial charge in [-0.3, -0.25) is 9.69 Å². The van der Waals surface area contributed by atoms with E-state index in [0.717, 1.165) is 6.54 Å². The van der Waals surface area contributed by atoms with Crippen LogP contribution in [0.15, 0.2) is 0 Å². The highest BCUT2D eigenvalue weighted by atomic mass is 16.2. The molecule has 2 bridgehead atoms. The molecule has 2 rings (SSSR count). The number of carbonyl (C=O) groups excluding carboxylic acids is 1. The molecular formula is C14H27N3O.